The van der Waals surface area contributed by atoms with Crippen LogP contribution in [0, 0.1) is 0 Å². The second-order valence-corrected chi connectivity index (χ2v) is 4.83. The summed E-state index contributed by atoms with van der Waals surface area (Å²) in [6, 6.07) is 6.80. The minimum atomic E-state index is -0.720. The summed E-state index contributed by atoms with van der Waals surface area (Å²) in [7, 11) is 2.71. The van der Waals surface area contributed by atoms with Crippen molar-refractivity contribution in [3.05, 3.63) is 34.3 Å². The number of ether oxygens (including phenoxy) is 2. The molecule has 1 rings (SSSR count). The third kappa shape index (κ3) is 5.40. The number of rotatable bonds is 6. The van der Waals surface area contributed by atoms with Crippen LogP contribution < -0.4 is 5.32 Å². The average Bonchev–Trinajstić information content (AvgIpc) is 2.37. The SMILES string of the molecule is COCC(=O)N[C@H](Cc1cccc(Br)c1)C(=O)OC. The predicted octanol–water partition coefficient (Wildman–Crippen LogP) is 1.30. The Bertz CT molecular complexity index is 450. The summed E-state index contributed by atoms with van der Waals surface area (Å²) >= 11 is 3.36. The molecule has 1 aromatic rings. The highest BCUT2D eigenvalue weighted by atomic mass is 79.9. The van der Waals surface area contributed by atoms with Crippen molar-refractivity contribution in [2.75, 3.05) is 20.8 Å². The Hall–Kier alpha value is -1.40. The van der Waals surface area contributed by atoms with E-state index in [2.05, 4.69) is 26.0 Å². The number of benzene rings is 1. The van der Waals surface area contributed by atoms with E-state index in [0.29, 0.717) is 6.42 Å². The molecule has 0 aliphatic heterocycles. The van der Waals surface area contributed by atoms with Gasteiger partial charge in [0, 0.05) is 18.0 Å². The van der Waals surface area contributed by atoms with E-state index in [-0.39, 0.29) is 12.5 Å². The standard InChI is InChI=1S/C13H16BrNO4/c1-18-8-12(16)15-11(13(17)19-2)7-9-4-3-5-10(14)6-9/h3-6,11H,7-8H2,1-2H3,(H,15,16)/t11-/m1/s1. The minimum absolute atomic E-state index is 0.0913. The molecule has 0 aliphatic rings. The van der Waals surface area contributed by atoms with Crippen molar-refractivity contribution in [3.8, 4) is 0 Å². The second kappa shape index (κ2) is 7.91. The van der Waals surface area contributed by atoms with Gasteiger partial charge in [0.15, 0.2) is 0 Å². The van der Waals surface area contributed by atoms with E-state index in [1.807, 2.05) is 24.3 Å². The highest BCUT2D eigenvalue weighted by Crippen LogP contribution is 2.13. The first-order chi connectivity index (χ1) is 9.06. The van der Waals surface area contributed by atoms with Gasteiger partial charge in [-0.3, -0.25) is 4.79 Å². The molecule has 1 amide bonds. The molecule has 1 aromatic carbocycles. The van der Waals surface area contributed by atoms with Crippen molar-refractivity contribution in [2.45, 2.75) is 12.5 Å². The van der Waals surface area contributed by atoms with Gasteiger partial charge in [-0.15, -0.1) is 0 Å². The lowest BCUT2D eigenvalue weighted by molar-refractivity contribution is -0.145. The first kappa shape index (κ1) is 15.7. The second-order valence-electron chi connectivity index (χ2n) is 3.91. The Kier molecular flexibility index (Phi) is 6.52. The predicted molar refractivity (Wildman–Crippen MR) is 73.7 cm³/mol. The summed E-state index contributed by atoms with van der Waals surface area (Å²) in [5.41, 5.74) is 0.919. The Morgan fingerprint density at radius 3 is 2.68 bits per heavy atom. The monoisotopic (exact) mass is 329 g/mol. The molecule has 1 N–H and O–H groups in total. The lowest BCUT2D eigenvalue weighted by Gasteiger charge is -2.16. The fourth-order valence-electron chi connectivity index (χ4n) is 1.60. The van der Waals surface area contributed by atoms with Crippen LogP contribution in [0.15, 0.2) is 28.7 Å². The molecule has 0 heterocycles. The normalized spacial score (nSPS) is 11.7. The van der Waals surface area contributed by atoms with Crippen molar-refractivity contribution >= 4 is 27.8 Å². The summed E-state index contributed by atoms with van der Waals surface area (Å²) in [6.45, 7) is -0.0913. The Morgan fingerprint density at radius 2 is 2.11 bits per heavy atom. The lowest BCUT2D eigenvalue weighted by atomic mass is 10.1. The fourth-order valence-corrected chi connectivity index (χ4v) is 2.05. The number of hydrogen-bond acceptors (Lipinski definition) is 4. The van der Waals surface area contributed by atoms with Crippen molar-refractivity contribution in [1.82, 2.24) is 5.32 Å². The zero-order chi connectivity index (χ0) is 14.3. The van der Waals surface area contributed by atoms with E-state index in [1.54, 1.807) is 0 Å². The number of amides is 1. The molecule has 0 unspecified atom stereocenters. The maximum Gasteiger partial charge on any atom is 0.328 e. The Morgan fingerprint density at radius 1 is 1.37 bits per heavy atom. The Labute approximate surface area is 120 Å². The van der Waals surface area contributed by atoms with Gasteiger partial charge < -0.3 is 14.8 Å². The van der Waals surface area contributed by atoms with Crippen LogP contribution in [-0.4, -0.2) is 38.7 Å². The summed E-state index contributed by atoms with van der Waals surface area (Å²) in [4.78, 5) is 23.1. The molecule has 5 nitrogen and oxygen atoms in total. The number of methoxy groups -OCH3 is 2. The molecule has 0 fully saturated rings. The van der Waals surface area contributed by atoms with Crippen LogP contribution in [0.1, 0.15) is 5.56 Å². The van der Waals surface area contributed by atoms with E-state index in [0.717, 1.165) is 10.0 Å². The summed E-state index contributed by atoms with van der Waals surface area (Å²) in [5, 5.41) is 2.58. The molecule has 104 valence electrons. The fraction of sp³-hybridized carbons (Fsp3) is 0.385. The molecule has 6 heteroatoms. The van der Waals surface area contributed by atoms with Gasteiger partial charge in [0.25, 0.3) is 0 Å². The van der Waals surface area contributed by atoms with Gasteiger partial charge in [0.05, 0.1) is 7.11 Å². The van der Waals surface area contributed by atoms with Crippen LogP contribution in [-0.2, 0) is 25.5 Å². The summed E-state index contributed by atoms with van der Waals surface area (Å²) in [6.07, 6.45) is 0.363. The van der Waals surface area contributed by atoms with Gasteiger partial charge in [-0.1, -0.05) is 28.1 Å². The maximum absolute atomic E-state index is 11.7. The number of hydrogen-bond donors (Lipinski definition) is 1. The van der Waals surface area contributed by atoms with Crippen LogP contribution >= 0.6 is 15.9 Å². The molecule has 0 aromatic heterocycles. The number of nitrogens with one attached hydrogen (secondary N) is 1. The van der Waals surface area contributed by atoms with E-state index in [1.165, 1.54) is 14.2 Å². The van der Waals surface area contributed by atoms with Crippen molar-refractivity contribution < 1.29 is 19.1 Å². The van der Waals surface area contributed by atoms with Crippen LogP contribution in [0.25, 0.3) is 0 Å². The molecule has 0 bridgehead atoms. The molecule has 0 saturated heterocycles. The number of esters is 1. The van der Waals surface area contributed by atoms with Crippen molar-refractivity contribution in [1.29, 1.82) is 0 Å². The maximum atomic E-state index is 11.7. The highest BCUT2D eigenvalue weighted by molar-refractivity contribution is 9.10. The molecule has 0 radical (unpaired) electrons. The van der Waals surface area contributed by atoms with Gasteiger partial charge >= 0.3 is 5.97 Å². The third-order valence-corrected chi connectivity index (χ3v) is 2.92. The third-order valence-electron chi connectivity index (χ3n) is 2.43. The Balaban J connectivity index is 2.74. The zero-order valence-corrected chi connectivity index (χ0v) is 12.4. The minimum Gasteiger partial charge on any atom is -0.467 e. The topological polar surface area (TPSA) is 64.6 Å². The summed E-state index contributed by atoms with van der Waals surface area (Å²) in [5.74, 6) is -0.836. The lowest BCUT2D eigenvalue weighted by Crippen LogP contribution is -2.44. The molecule has 1 atom stereocenters. The quantitative estimate of drug-likeness (QED) is 0.799. The molecular formula is C13H16BrNO4. The highest BCUT2D eigenvalue weighted by Gasteiger charge is 2.21. The molecule has 0 saturated carbocycles. The van der Waals surface area contributed by atoms with E-state index in [9.17, 15) is 9.59 Å². The number of carbonyl (C=O) groups is 2. The number of carbonyl (C=O) groups excluding carboxylic acids is 2. The first-order valence-electron chi connectivity index (χ1n) is 5.67. The van der Waals surface area contributed by atoms with Gasteiger partial charge in [0.1, 0.15) is 12.6 Å². The number of halogens is 1. The smallest absolute Gasteiger partial charge is 0.328 e. The molecular weight excluding hydrogens is 314 g/mol. The largest absolute Gasteiger partial charge is 0.467 e. The van der Waals surface area contributed by atoms with Crippen LogP contribution in [0.5, 0.6) is 0 Å². The van der Waals surface area contributed by atoms with Gasteiger partial charge in [0.2, 0.25) is 5.91 Å². The zero-order valence-electron chi connectivity index (χ0n) is 10.8. The van der Waals surface area contributed by atoms with Crippen LogP contribution in [0.4, 0.5) is 0 Å². The van der Waals surface area contributed by atoms with E-state index in [4.69, 9.17) is 4.74 Å². The van der Waals surface area contributed by atoms with E-state index >= 15 is 0 Å². The van der Waals surface area contributed by atoms with Gasteiger partial charge in [-0.25, -0.2) is 4.79 Å². The van der Waals surface area contributed by atoms with Crippen LogP contribution in [0.3, 0.4) is 0 Å². The van der Waals surface area contributed by atoms with Crippen LogP contribution in [0.2, 0.25) is 0 Å². The molecule has 0 aliphatic carbocycles. The van der Waals surface area contributed by atoms with Crippen molar-refractivity contribution in [3.63, 3.8) is 0 Å². The molecule has 0 spiro atoms. The average molecular weight is 330 g/mol. The van der Waals surface area contributed by atoms with Crippen molar-refractivity contribution in [2.24, 2.45) is 0 Å². The van der Waals surface area contributed by atoms with E-state index < -0.39 is 12.0 Å². The summed E-state index contributed by atoms with van der Waals surface area (Å²) < 4.78 is 10.3. The van der Waals surface area contributed by atoms with Gasteiger partial charge in [-0.05, 0) is 17.7 Å². The first-order valence-corrected chi connectivity index (χ1v) is 6.46. The molecule has 19 heavy (non-hydrogen) atoms. The van der Waals surface area contributed by atoms with Gasteiger partial charge in [-0.2, -0.15) is 0 Å².